The normalized spacial score (nSPS) is 11.9. The maximum atomic E-state index is 4.48. The number of nitrogens with zero attached hydrogens (tertiary/aromatic N) is 3. The van der Waals surface area contributed by atoms with Crippen molar-refractivity contribution in [3.8, 4) is 0 Å². The van der Waals surface area contributed by atoms with Crippen LogP contribution in [0.15, 0.2) is 30.3 Å². The molecule has 0 radical (unpaired) electrons. The quantitative estimate of drug-likeness (QED) is 0.743. The third-order valence-electron chi connectivity index (χ3n) is 4.11. The molecule has 0 saturated heterocycles. The van der Waals surface area contributed by atoms with Gasteiger partial charge in [0.25, 0.3) is 0 Å². The van der Waals surface area contributed by atoms with E-state index in [4.69, 9.17) is 0 Å². The minimum atomic E-state index is 0.389. The highest BCUT2D eigenvalue weighted by Gasteiger charge is 2.06. The van der Waals surface area contributed by atoms with E-state index < -0.39 is 0 Å². The maximum Gasteiger partial charge on any atom is 0.136 e. The van der Waals surface area contributed by atoms with Crippen molar-refractivity contribution in [3.05, 3.63) is 36.2 Å². The highest BCUT2D eigenvalue weighted by atomic mass is 15.1. The standard InChI is InChI=1S/C19H29N5/c1-6-14(4)20-18-13-19(22-15(5)21-18)23-16-9-11-17(12-10-16)24(7-2)8-3/h9-14H,6-8H2,1-5H3,(H2,20,21,22,23). The number of anilines is 4. The Labute approximate surface area is 145 Å². The number of hydrogen-bond acceptors (Lipinski definition) is 5. The van der Waals surface area contributed by atoms with Gasteiger partial charge in [-0.05, 0) is 58.4 Å². The van der Waals surface area contributed by atoms with E-state index in [1.54, 1.807) is 0 Å². The fourth-order valence-electron chi connectivity index (χ4n) is 2.55. The van der Waals surface area contributed by atoms with Crippen LogP contribution in [0.2, 0.25) is 0 Å². The van der Waals surface area contributed by atoms with Gasteiger partial charge in [0.15, 0.2) is 0 Å². The van der Waals surface area contributed by atoms with Gasteiger partial charge in [-0.1, -0.05) is 6.92 Å². The van der Waals surface area contributed by atoms with E-state index in [1.165, 1.54) is 5.69 Å². The van der Waals surface area contributed by atoms with Gasteiger partial charge in [0.1, 0.15) is 17.5 Å². The first-order valence-corrected chi connectivity index (χ1v) is 8.79. The summed E-state index contributed by atoms with van der Waals surface area (Å²) in [5.74, 6) is 2.42. The van der Waals surface area contributed by atoms with Gasteiger partial charge >= 0.3 is 0 Å². The van der Waals surface area contributed by atoms with Gasteiger partial charge < -0.3 is 15.5 Å². The molecule has 0 aliphatic rings. The number of aromatic nitrogens is 2. The molecule has 2 rings (SSSR count). The number of nitrogens with one attached hydrogen (secondary N) is 2. The summed E-state index contributed by atoms with van der Waals surface area (Å²) in [6.07, 6.45) is 1.05. The van der Waals surface area contributed by atoms with Gasteiger partial charge in [0.05, 0.1) is 0 Å². The summed E-state index contributed by atoms with van der Waals surface area (Å²) in [6.45, 7) is 12.6. The molecule has 0 aliphatic heterocycles. The Hall–Kier alpha value is -2.30. The van der Waals surface area contributed by atoms with E-state index >= 15 is 0 Å². The van der Waals surface area contributed by atoms with Crippen LogP contribution in [0.5, 0.6) is 0 Å². The molecule has 1 unspecified atom stereocenters. The molecule has 5 nitrogen and oxygen atoms in total. The summed E-state index contributed by atoms with van der Waals surface area (Å²) in [6, 6.07) is 10.8. The number of benzene rings is 1. The topological polar surface area (TPSA) is 53.1 Å². The number of hydrogen-bond donors (Lipinski definition) is 2. The predicted octanol–water partition coefficient (Wildman–Crippen LogP) is 4.59. The molecule has 1 heterocycles. The molecule has 1 aromatic carbocycles. The van der Waals surface area contributed by atoms with Crippen molar-refractivity contribution in [1.29, 1.82) is 0 Å². The van der Waals surface area contributed by atoms with Crippen LogP contribution in [0.1, 0.15) is 39.9 Å². The maximum absolute atomic E-state index is 4.48. The lowest BCUT2D eigenvalue weighted by Crippen LogP contribution is -2.21. The zero-order valence-electron chi connectivity index (χ0n) is 15.4. The Morgan fingerprint density at radius 3 is 2.21 bits per heavy atom. The molecule has 0 amide bonds. The van der Waals surface area contributed by atoms with E-state index in [2.05, 4.69) is 77.5 Å². The number of aryl methyl sites for hydroxylation is 1. The summed E-state index contributed by atoms with van der Waals surface area (Å²) < 4.78 is 0. The van der Waals surface area contributed by atoms with Gasteiger partial charge in [-0.2, -0.15) is 0 Å². The van der Waals surface area contributed by atoms with Crippen molar-refractivity contribution < 1.29 is 0 Å². The molecule has 24 heavy (non-hydrogen) atoms. The third-order valence-corrected chi connectivity index (χ3v) is 4.11. The minimum absolute atomic E-state index is 0.389. The van der Waals surface area contributed by atoms with Crippen molar-refractivity contribution in [2.24, 2.45) is 0 Å². The van der Waals surface area contributed by atoms with Gasteiger partial charge in [0, 0.05) is 36.6 Å². The average Bonchev–Trinajstić information content (AvgIpc) is 2.57. The molecule has 0 spiro atoms. The Morgan fingerprint density at radius 2 is 1.62 bits per heavy atom. The minimum Gasteiger partial charge on any atom is -0.372 e. The molecule has 0 aliphatic carbocycles. The van der Waals surface area contributed by atoms with Gasteiger partial charge in [-0.15, -0.1) is 0 Å². The van der Waals surface area contributed by atoms with Crippen LogP contribution in [-0.2, 0) is 0 Å². The van der Waals surface area contributed by atoms with Crippen LogP contribution in [0.3, 0.4) is 0 Å². The molecule has 0 saturated carbocycles. The Balaban J connectivity index is 2.12. The summed E-state index contributed by atoms with van der Waals surface area (Å²) in [5.41, 5.74) is 2.27. The van der Waals surface area contributed by atoms with Gasteiger partial charge in [-0.3, -0.25) is 0 Å². The summed E-state index contributed by atoms with van der Waals surface area (Å²) in [5, 5.41) is 6.77. The first-order chi connectivity index (χ1) is 11.5. The molecule has 130 valence electrons. The molecule has 0 fully saturated rings. The Kier molecular flexibility index (Phi) is 6.41. The van der Waals surface area contributed by atoms with Crippen molar-refractivity contribution >= 4 is 23.0 Å². The second-order valence-corrected chi connectivity index (χ2v) is 5.98. The van der Waals surface area contributed by atoms with Crippen LogP contribution in [0.4, 0.5) is 23.0 Å². The fraction of sp³-hybridized carbons (Fsp3) is 0.474. The summed E-state index contributed by atoms with van der Waals surface area (Å²) in [4.78, 5) is 11.3. The van der Waals surface area contributed by atoms with Crippen LogP contribution in [0, 0.1) is 6.92 Å². The third kappa shape index (κ3) is 4.85. The van der Waals surface area contributed by atoms with E-state index in [1.807, 2.05) is 13.0 Å². The van der Waals surface area contributed by atoms with Gasteiger partial charge in [0.2, 0.25) is 0 Å². The van der Waals surface area contributed by atoms with Crippen molar-refractivity contribution in [3.63, 3.8) is 0 Å². The van der Waals surface area contributed by atoms with Crippen molar-refractivity contribution in [2.75, 3.05) is 28.6 Å². The lowest BCUT2D eigenvalue weighted by Gasteiger charge is -2.21. The second-order valence-electron chi connectivity index (χ2n) is 5.98. The monoisotopic (exact) mass is 327 g/mol. The molecule has 2 N–H and O–H groups in total. The van der Waals surface area contributed by atoms with E-state index in [-0.39, 0.29) is 0 Å². The van der Waals surface area contributed by atoms with Gasteiger partial charge in [-0.25, -0.2) is 9.97 Å². The van der Waals surface area contributed by atoms with Crippen molar-refractivity contribution in [2.45, 2.75) is 47.1 Å². The first-order valence-electron chi connectivity index (χ1n) is 8.79. The summed E-state index contributed by atoms with van der Waals surface area (Å²) >= 11 is 0. The number of rotatable bonds is 8. The molecular formula is C19H29N5. The van der Waals surface area contributed by atoms with Crippen molar-refractivity contribution in [1.82, 2.24) is 9.97 Å². The van der Waals surface area contributed by atoms with Crippen LogP contribution >= 0.6 is 0 Å². The first kappa shape index (κ1) is 18.0. The van der Waals surface area contributed by atoms with E-state index in [0.29, 0.717) is 6.04 Å². The largest absolute Gasteiger partial charge is 0.372 e. The zero-order valence-corrected chi connectivity index (χ0v) is 15.4. The smallest absolute Gasteiger partial charge is 0.136 e. The molecule has 1 atom stereocenters. The SMILES string of the molecule is CCC(C)Nc1cc(Nc2ccc(N(CC)CC)cc2)nc(C)n1. The lowest BCUT2D eigenvalue weighted by molar-refractivity contribution is 0.757. The molecular weight excluding hydrogens is 298 g/mol. The Morgan fingerprint density at radius 1 is 1.00 bits per heavy atom. The zero-order chi connectivity index (χ0) is 17.5. The van der Waals surface area contributed by atoms with Crippen LogP contribution in [-0.4, -0.2) is 29.1 Å². The van der Waals surface area contributed by atoms with E-state index in [9.17, 15) is 0 Å². The Bertz CT molecular complexity index is 635. The molecule has 5 heteroatoms. The molecule has 0 bridgehead atoms. The lowest BCUT2D eigenvalue weighted by atomic mass is 10.2. The highest BCUT2D eigenvalue weighted by Crippen LogP contribution is 2.21. The second kappa shape index (κ2) is 8.52. The average molecular weight is 327 g/mol. The fourth-order valence-corrected chi connectivity index (χ4v) is 2.55. The van der Waals surface area contributed by atoms with Crippen LogP contribution in [0.25, 0.3) is 0 Å². The van der Waals surface area contributed by atoms with Crippen LogP contribution < -0.4 is 15.5 Å². The molecule has 2 aromatic rings. The highest BCUT2D eigenvalue weighted by molar-refractivity contribution is 5.62. The molecule has 1 aromatic heterocycles. The summed E-state index contributed by atoms with van der Waals surface area (Å²) in [7, 11) is 0. The van der Waals surface area contributed by atoms with E-state index in [0.717, 1.165) is 42.7 Å². The predicted molar refractivity (Wildman–Crippen MR) is 103 cm³/mol.